The highest BCUT2D eigenvalue weighted by Gasteiger charge is 2.46. The minimum Gasteiger partial charge on any atom is -0.394 e. The van der Waals surface area contributed by atoms with Gasteiger partial charge in [0, 0.05) is 153 Å². The quantitative estimate of drug-likeness (QED) is 0.0269. The van der Waals surface area contributed by atoms with Crippen molar-refractivity contribution in [2.45, 2.75) is 332 Å². The third kappa shape index (κ3) is 41.9. The number of hydrogen-bond acceptors (Lipinski definition) is 30. The van der Waals surface area contributed by atoms with Gasteiger partial charge in [0.15, 0.2) is 18.9 Å². The smallest absolute Gasteiger partial charge is 0.394 e. The number of phosphoric ester groups is 1. The Hall–Kier alpha value is -3.69. The second kappa shape index (κ2) is 59.9. The van der Waals surface area contributed by atoms with Crippen molar-refractivity contribution >= 4 is 54.3 Å². The fourth-order valence-corrected chi connectivity index (χ4v) is 15.4. The van der Waals surface area contributed by atoms with E-state index >= 15 is 0 Å². The molecule has 34 heteroatoms. The fraction of sp³-hybridized carbons (Fsp3) is 0.902. The highest BCUT2D eigenvalue weighted by atomic mass is 31.2. The Bertz CT molecular complexity index is 2590. The molecule has 1 saturated carbocycles. The molecule has 33 nitrogen and oxygen atoms in total. The summed E-state index contributed by atoms with van der Waals surface area (Å²) in [5.74, 6) is -2.88. The summed E-state index contributed by atoms with van der Waals surface area (Å²) in [6, 6.07) is 0. The van der Waals surface area contributed by atoms with Crippen LogP contribution in [-0.2, 0) is 94.6 Å². The first-order valence-corrected chi connectivity index (χ1v) is 44.4. The van der Waals surface area contributed by atoms with E-state index < -0.39 is 137 Å². The average molecular weight is 1690 g/mol. The summed E-state index contributed by atoms with van der Waals surface area (Å²) in [4.78, 5) is 115. The number of ether oxygens (including phenoxy) is 9. The van der Waals surface area contributed by atoms with E-state index in [4.69, 9.17) is 47.2 Å². The lowest BCUT2D eigenvalue weighted by atomic mass is 9.83. The van der Waals surface area contributed by atoms with E-state index in [1.54, 1.807) is 20.8 Å². The molecule has 13 N–H and O–H groups in total. The van der Waals surface area contributed by atoms with Gasteiger partial charge in [-0.1, -0.05) is 72.1 Å². The predicted molar refractivity (Wildman–Crippen MR) is 422 cm³/mol. The van der Waals surface area contributed by atoms with Gasteiger partial charge in [0.1, 0.15) is 71.3 Å². The van der Waals surface area contributed by atoms with Gasteiger partial charge in [0.25, 0.3) is 0 Å². The molecule has 674 valence electrons. The van der Waals surface area contributed by atoms with Gasteiger partial charge in [-0.3, -0.25) is 47.4 Å². The topological polar surface area (TPSA) is 502 Å². The van der Waals surface area contributed by atoms with Crippen LogP contribution >= 0.6 is 7.82 Å². The van der Waals surface area contributed by atoms with Gasteiger partial charge in [-0.15, -0.1) is 0 Å². The van der Waals surface area contributed by atoms with Crippen LogP contribution in [0.1, 0.15) is 252 Å². The molecule has 1 aliphatic carbocycles. The van der Waals surface area contributed by atoms with Gasteiger partial charge in [-0.2, -0.15) is 0 Å². The van der Waals surface area contributed by atoms with Crippen LogP contribution in [0.15, 0.2) is 0 Å². The van der Waals surface area contributed by atoms with Crippen molar-refractivity contribution in [2.75, 3.05) is 106 Å². The molecule has 116 heavy (non-hydrogen) atoms. The molecule has 19 atom stereocenters. The van der Waals surface area contributed by atoms with Crippen LogP contribution in [-0.4, -0.2) is 288 Å². The molecule has 0 aromatic carbocycles. The number of unbranched alkanes of at least 4 members (excludes halogenated alkanes) is 14. The monoisotopic (exact) mass is 1680 g/mol. The van der Waals surface area contributed by atoms with Crippen LogP contribution < -0.4 is 10.6 Å². The van der Waals surface area contributed by atoms with Crippen molar-refractivity contribution in [3.05, 3.63) is 0 Å². The van der Waals surface area contributed by atoms with Crippen LogP contribution in [0.4, 0.5) is 0 Å². The maximum absolute atomic E-state index is 14.2. The fourth-order valence-electron chi connectivity index (χ4n) is 14.9. The molecule has 3 aliphatic heterocycles. The summed E-state index contributed by atoms with van der Waals surface area (Å²) in [5.41, 5.74) is -1.10. The molecule has 0 bridgehead atoms. The van der Waals surface area contributed by atoms with Crippen molar-refractivity contribution in [1.82, 2.24) is 10.6 Å². The van der Waals surface area contributed by atoms with Crippen LogP contribution in [0, 0.1) is 35.0 Å². The second-order valence-electron chi connectivity index (χ2n) is 32.4. The minimum absolute atomic E-state index is 0.0000739. The zero-order valence-corrected chi connectivity index (χ0v) is 70.4. The standard InChI is InChI=1S/C82H145N2O31P/c1-56-73(97)76(100)68(49-85)113-79(56)109-40-22-19-30-60(88)26-14-11-16-28-62(90)35-43-106-53-82(48-64(92)32-13-9-7-5-6-8-10-18-33-67(94)66-47-65(93)46-59(66)52-112-116(103,104)105-4,54-107-44-36-63(91)29-17-12-15-27-61(89)31-20-23-41-110-80-57(2)74(98)77(101)69(50-86)114-80)55-108-45-37-72(96)84-39-25-38-83-71(95)34-21-24-42-111-81-58(3)75(99)78(102)70(51-87)115-81/h56-59,65-66,68-70,73-81,85-87,93,97-102H,5-55H2,1-4H3,(H,83,95)(H,84,96)(H,103,104)/t56?,57?,58?,59-,65+,66?,68?,69?,70?,73?,74?,75?,76?,77?,78?,79?,80?,81?,82?/m0/s1. The number of nitrogens with one attached hydrogen (secondary N) is 2. The number of aliphatic hydroxyl groups is 10. The third-order valence-electron chi connectivity index (χ3n) is 22.4. The summed E-state index contributed by atoms with van der Waals surface area (Å²) < 4.78 is 74.2. The molecule has 2 amide bonds. The van der Waals surface area contributed by atoms with Crippen molar-refractivity contribution < 1.29 is 151 Å². The van der Waals surface area contributed by atoms with Gasteiger partial charge >= 0.3 is 7.82 Å². The second-order valence-corrected chi connectivity index (χ2v) is 33.9. The van der Waals surface area contributed by atoms with Gasteiger partial charge in [0.05, 0.1) is 90.5 Å². The number of carbonyl (C=O) groups excluding carboxylic acids is 8. The Morgan fingerprint density at radius 2 is 0.724 bits per heavy atom. The number of aliphatic hydroxyl groups excluding tert-OH is 10. The molecule has 4 rings (SSSR count). The van der Waals surface area contributed by atoms with Gasteiger partial charge in [-0.05, 0) is 102 Å². The van der Waals surface area contributed by atoms with Crippen LogP contribution in [0.3, 0.4) is 0 Å². The van der Waals surface area contributed by atoms with Gasteiger partial charge < -0.3 is 109 Å². The first-order chi connectivity index (χ1) is 55.6. The molecule has 0 radical (unpaired) electrons. The predicted octanol–water partition coefficient (Wildman–Crippen LogP) is 5.36. The molecule has 0 aromatic heterocycles. The summed E-state index contributed by atoms with van der Waals surface area (Å²) in [5, 5.41) is 106. The van der Waals surface area contributed by atoms with Crippen molar-refractivity contribution in [3.63, 3.8) is 0 Å². The number of Topliss-reactive ketones (excluding diaryl/α,β-unsaturated/α-hetero) is 6. The molecule has 0 spiro atoms. The number of rotatable bonds is 70. The maximum Gasteiger partial charge on any atom is 0.471 e. The lowest BCUT2D eigenvalue weighted by Crippen LogP contribution is -2.55. The summed E-state index contributed by atoms with van der Waals surface area (Å²) in [6.07, 6.45) is 4.29. The highest BCUT2D eigenvalue weighted by molar-refractivity contribution is 7.47. The highest BCUT2D eigenvalue weighted by Crippen LogP contribution is 2.45. The Kier molecular flexibility index (Phi) is 54.1. The largest absolute Gasteiger partial charge is 0.471 e. The Labute approximate surface area is 685 Å². The number of ketones is 6. The van der Waals surface area contributed by atoms with Crippen LogP contribution in [0.2, 0.25) is 0 Å². The van der Waals surface area contributed by atoms with E-state index in [0.717, 1.165) is 45.6 Å². The Morgan fingerprint density at radius 3 is 1.11 bits per heavy atom. The van der Waals surface area contributed by atoms with E-state index in [2.05, 4.69) is 15.2 Å². The van der Waals surface area contributed by atoms with E-state index in [9.17, 15) is 98.9 Å². The minimum atomic E-state index is -4.23. The molecule has 0 aromatic rings. The summed E-state index contributed by atoms with van der Waals surface area (Å²) in [6.45, 7) is 4.61. The van der Waals surface area contributed by atoms with Crippen molar-refractivity contribution in [2.24, 2.45) is 35.0 Å². The number of hydrogen-bond donors (Lipinski definition) is 13. The molecule has 3 saturated heterocycles. The van der Waals surface area contributed by atoms with Crippen molar-refractivity contribution in [3.8, 4) is 0 Å². The number of phosphoric acid groups is 1. The van der Waals surface area contributed by atoms with Crippen LogP contribution in [0.5, 0.6) is 0 Å². The molecule has 17 unspecified atom stereocenters. The van der Waals surface area contributed by atoms with E-state index in [1.807, 2.05) is 0 Å². The van der Waals surface area contributed by atoms with Crippen LogP contribution in [0.25, 0.3) is 0 Å². The van der Waals surface area contributed by atoms with E-state index in [-0.39, 0.29) is 183 Å². The van der Waals surface area contributed by atoms with Gasteiger partial charge in [-0.25, -0.2) is 4.57 Å². The van der Waals surface area contributed by atoms with Gasteiger partial charge in [0.2, 0.25) is 11.8 Å². The zero-order valence-electron chi connectivity index (χ0n) is 69.5. The molecule has 3 heterocycles. The number of carbonyl (C=O) groups is 8. The summed E-state index contributed by atoms with van der Waals surface area (Å²) >= 11 is 0. The normalized spacial score (nSPS) is 27.3. The third-order valence-corrected chi connectivity index (χ3v) is 23.4. The Balaban J connectivity index is 1.28. The first-order valence-electron chi connectivity index (χ1n) is 42.9. The molecule has 4 aliphatic rings. The maximum atomic E-state index is 14.2. The lowest BCUT2D eigenvalue weighted by Gasteiger charge is -2.40. The molecular formula is C82H145N2O31P. The molecular weight excluding hydrogens is 1540 g/mol. The summed E-state index contributed by atoms with van der Waals surface area (Å²) in [7, 11) is -3.17. The van der Waals surface area contributed by atoms with E-state index in [0.29, 0.717) is 141 Å². The SMILES string of the molecule is COP(=O)(O)OC[C@@H]1C[C@@H](O)CC1C(=O)CCCCCCCCCCC(=O)CC(COCCC(=O)CCCCCC(=O)CCCCOC1OC(CO)C(O)C(O)C1C)(COCCC(=O)CCCCCC(=O)CCCCOC1OC(CO)C(O)C(O)C1C)COCCC(=O)NCCCNC(=O)CCCCOC1OC(CO)C(O)C(O)C1C. The molecule has 4 fully saturated rings. The first kappa shape index (κ1) is 105. The number of amides is 2. The Morgan fingerprint density at radius 1 is 0.397 bits per heavy atom. The lowest BCUT2D eigenvalue weighted by molar-refractivity contribution is -0.282. The van der Waals surface area contributed by atoms with Crippen molar-refractivity contribution in [1.29, 1.82) is 0 Å². The average Bonchev–Trinajstić information content (AvgIpc) is 1.41. The van der Waals surface area contributed by atoms with E-state index in [1.165, 1.54) is 0 Å². The zero-order chi connectivity index (χ0) is 85.3.